The Hall–Kier alpha value is -3.03. The number of nitrogens with zero attached hydrogens (tertiary/aromatic N) is 4. The van der Waals surface area contributed by atoms with Gasteiger partial charge in [0.05, 0.1) is 26.7 Å². The molecule has 1 amide bonds. The second-order valence-electron chi connectivity index (χ2n) is 7.83. The first-order valence-electron chi connectivity index (χ1n) is 10.2. The third-order valence-corrected chi connectivity index (χ3v) is 6.13. The van der Waals surface area contributed by atoms with Crippen LogP contribution in [0.1, 0.15) is 24.8 Å². The van der Waals surface area contributed by atoms with Crippen LogP contribution in [0, 0.1) is 5.41 Å². The van der Waals surface area contributed by atoms with E-state index in [0.717, 1.165) is 37.9 Å². The quantitative estimate of drug-likeness (QED) is 0.721. The topological polar surface area (TPSA) is 77.0 Å². The first-order chi connectivity index (χ1) is 14.6. The molecule has 2 aliphatic rings. The maximum absolute atomic E-state index is 13.6. The maximum Gasteiger partial charge on any atom is 0.230 e. The van der Waals surface area contributed by atoms with Crippen LogP contribution in [-0.4, -0.2) is 61.7 Å². The van der Waals surface area contributed by atoms with Gasteiger partial charge in [0.2, 0.25) is 17.7 Å². The monoisotopic (exact) mass is 412 g/mol. The van der Waals surface area contributed by atoms with Gasteiger partial charge in [0.1, 0.15) is 0 Å². The number of para-hydroxylation sites is 1. The van der Waals surface area contributed by atoms with E-state index in [9.17, 15) is 4.79 Å². The van der Waals surface area contributed by atoms with E-state index in [0.29, 0.717) is 36.4 Å². The largest absolute Gasteiger partial charge is 0.493 e. The van der Waals surface area contributed by atoms with Crippen LogP contribution in [0.4, 0.5) is 5.95 Å². The number of benzene rings is 1. The van der Waals surface area contributed by atoms with Gasteiger partial charge in [-0.1, -0.05) is 12.1 Å². The van der Waals surface area contributed by atoms with Gasteiger partial charge < -0.3 is 24.0 Å². The summed E-state index contributed by atoms with van der Waals surface area (Å²) in [5.74, 6) is 2.71. The Morgan fingerprint density at radius 2 is 1.93 bits per heavy atom. The number of methoxy groups -OCH3 is 3. The average molecular weight is 412 g/mol. The smallest absolute Gasteiger partial charge is 0.230 e. The number of hydrogen-bond acceptors (Lipinski definition) is 7. The molecule has 0 radical (unpaired) electrons. The van der Waals surface area contributed by atoms with Crippen molar-refractivity contribution in [3.05, 3.63) is 36.0 Å². The van der Waals surface area contributed by atoms with Crippen LogP contribution >= 0.6 is 0 Å². The number of likely N-dealkylation sites (tertiary alicyclic amines) is 1. The van der Waals surface area contributed by atoms with Crippen molar-refractivity contribution in [2.45, 2.75) is 25.8 Å². The van der Waals surface area contributed by atoms with Crippen LogP contribution in [-0.2, 0) is 11.3 Å². The molecular formula is C22H28N4O4. The van der Waals surface area contributed by atoms with Gasteiger partial charge in [0.15, 0.2) is 11.5 Å². The highest BCUT2D eigenvalue weighted by atomic mass is 16.5. The zero-order chi connectivity index (χ0) is 21.1. The molecule has 2 aromatic rings. The van der Waals surface area contributed by atoms with E-state index in [-0.39, 0.29) is 5.91 Å². The Balaban J connectivity index is 1.53. The molecule has 8 nitrogen and oxygen atoms in total. The first-order valence-corrected chi connectivity index (χ1v) is 10.2. The number of carbonyl (C=O) groups excluding carboxylic acids is 1. The molecule has 0 aliphatic carbocycles. The normalized spacial score (nSPS) is 21.2. The summed E-state index contributed by atoms with van der Waals surface area (Å²) in [5.41, 5.74) is 0.560. The van der Waals surface area contributed by atoms with Crippen LogP contribution in [0.25, 0.3) is 0 Å². The van der Waals surface area contributed by atoms with Crippen molar-refractivity contribution in [2.24, 2.45) is 5.41 Å². The fourth-order valence-corrected chi connectivity index (χ4v) is 4.61. The molecular weight excluding hydrogens is 384 g/mol. The highest BCUT2D eigenvalue weighted by Gasteiger charge is 2.49. The molecule has 30 heavy (non-hydrogen) atoms. The Morgan fingerprint density at radius 1 is 1.07 bits per heavy atom. The van der Waals surface area contributed by atoms with Gasteiger partial charge in [0, 0.05) is 44.0 Å². The fraction of sp³-hybridized carbons (Fsp3) is 0.500. The van der Waals surface area contributed by atoms with E-state index in [1.165, 1.54) is 0 Å². The molecule has 1 aromatic heterocycles. The van der Waals surface area contributed by atoms with Crippen LogP contribution in [0.2, 0.25) is 0 Å². The predicted octanol–water partition coefficient (Wildman–Crippen LogP) is 2.52. The van der Waals surface area contributed by atoms with Crippen LogP contribution in [0.15, 0.2) is 30.5 Å². The first kappa shape index (κ1) is 20.3. The number of ether oxygens (including phenoxy) is 3. The van der Waals surface area contributed by atoms with E-state index in [1.807, 2.05) is 23.1 Å². The van der Waals surface area contributed by atoms with Crippen molar-refractivity contribution in [3.63, 3.8) is 0 Å². The molecule has 1 atom stereocenters. The molecule has 3 heterocycles. The number of piperidine rings is 1. The summed E-state index contributed by atoms with van der Waals surface area (Å²) in [7, 11) is 4.84. The zero-order valence-electron chi connectivity index (χ0n) is 17.8. The van der Waals surface area contributed by atoms with Crippen molar-refractivity contribution in [1.82, 2.24) is 14.9 Å². The standard InChI is InChI=1S/C22H28N4O4/c1-28-17-7-4-6-16(19(17)30-3)14-25-12-5-9-22(20(25)27)10-13-26(15-22)21-23-11-8-18(24-21)29-2/h4,6-8,11H,5,9-10,12-15H2,1-3H3/t22-/m0/s1. The van der Waals surface area contributed by atoms with E-state index in [2.05, 4.69) is 14.9 Å². The van der Waals surface area contributed by atoms with E-state index < -0.39 is 5.41 Å². The minimum Gasteiger partial charge on any atom is -0.493 e. The summed E-state index contributed by atoms with van der Waals surface area (Å²) in [6.07, 6.45) is 4.36. The molecule has 1 aromatic carbocycles. The number of aromatic nitrogens is 2. The van der Waals surface area contributed by atoms with E-state index in [4.69, 9.17) is 14.2 Å². The molecule has 2 fully saturated rings. The van der Waals surface area contributed by atoms with E-state index >= 15 is 0 Å². The fourth-order valence-electron chi connectivity index (χ4n) is 4.61. The number of carbonyl (C=O) groups is 1. The molecule has 1 spiro atoms. The highest BCUT2D eigenvalue weighted by molar-refractivity contribution is 5.85. The SMILES string of the molecule is COc1ccnc(N2CC[C@@]3(CCCN(Cc4cccc(OC)c4OC)C3=O)C2)n1. The van der Waals surface area contributed by atoms with Crippen LogP contribution in [0.5, 0.6) is 17.4 Å². The Kier molecular flexibility index (Phi) is 5.65. The summed E-state index contributed by atoms with van der Waals surface area (Å²) in [6.45, 7) is 2.65. The lowest BCUT2D eigenvalue weighted by Crippen LogP contribution is -2.49. The summed E-state index contributed by atoms with van der Waals surface area (Å²) < 4.78 is 16.2. The van der Waals surface area contributed by atoms with Crippen LogP contribution < -0.4 is 19.1 Å². The summed E-state index contributed by atoms with van der Waals surface area (Å²) in [6, 6.07) is 7.51. The minimum atomic E-state index is -0.392. The van der Waals surface area contributed by atoms with Crippen molar-refractivity contribution in [2.75, 3.05) is 45.9 Å². The Labute approximate surface area is 176 Å². The second-order valence-corrected chi connectivity index (χ2v) is 7.83. The van der Waals surface area contributed by atoms with Gasteiger partial charge in [-0.25, -0.2) is 4.98 Å². The average Bonchev–Trinajstić information content (AvgIpc) is 3.22. The molecule has 0 N–H and O–H groups in total. The van der Waals surface area contributed by atoms with Gasteiger partial charge in [-0.15, -0.1) is 0 Å². The van der Waals surface area contributed by atoms with Gasteiger partial charge in [-0.2, -0.15) is 4.98 Å². The highest BCUT2D eigenvalue weighted by Crippen LogP contribution is 2.42. The Morgan fingerprint density at radius 3 is 2.70 bits per heavy atom. The molecule has 2 saturated heterocycles. The molecule has 0 saturated carbocycles. The minimum absolute atomic E-state index is 0.198. The number of hydrogen-bond donors (Lipinski definition) is 0. The second kappa shape index (κ2) is 8.38. The molecule has 8 heteroatoms. The lowest BCUT2D eigenvalue weighted by molar-refractivity contribution is -0.145. The molecule has 160 valence electrons. The van der Waals surface area contributed by atoms with Gasteiger partial charge in [-0.3, -0.25) is 4.79 Å². The number of amides is 1. The van der Waals surface area contributed by atoms with Gasteiger partial charge in [-0.05, 0) is 25.3 Å². The summed E-state index contributed by atoms with van der Waals surface area (Å²) >= 11 is 0. The van der Waals surface area contributed by atoms with Crippen molar-refractivity contribution < 1.29 is 19.0 Å². The number of anilines is 1. The predicted molar refractivity (Wildman–Crippen MR) is 112 cm³/mol. The lowest BCUT2D eigenvalue weighted by Gasteiger charge is -2.39. The maximum atomic E-state index is 13.6. The van der Waals surface area contributed by atoms with Crippen LogP contribution in [0.3, 0.4) is 0 Å². The molecule has 0 unspecified atom stereocenters. The third kappa shape index (κ3) is 3.62. The van der Waals surface area contributed by atoms with Crippen molar-refractivity contribution in [1.29, 1.82) is 0 Å². The third-order valence-electron chi connectivity index (χ3n) is 6.13. The van der Waals surface area contributed by atoms with Gasteiger partial charge >= 0.3 is 0 Å². The van der Waals surface area contributed by atoms with Crippen molar-refractivity contribution >= 4 is 11.9 Å². The molecule has 2 aliphatic heterocycles. The summed E-state index contributed by atoms with van der Waals surface area (Å²) in [4.78, 5) is 26.4. The van der Waals surface area contributed by atoms with E-state index in [1.54, 1.807) is 33.6 Å². The molecule has 0 bridgehead atoms. The molecule has 4 rings (SSSR count). The zero-order valence-corrected chi connectivity index (χ0v) is 17.8. The van der Waals surface area contributed by atoms with Crippen molar-refractivity contribution in [3.8, 4) is 17.4 Å². The summed E-state index contributed by atoms with van der Waals surface area (Å²) in [5, 5.41) is 0. The lowest BCUT2D eigenvalue weighted by atomic mass is 9.78. The van der Waals surface area contributed by atoms with Gasteiger partial charge in [0.25, 0.3) is 0 Å². The number of rotatable bonds is 6. The Bertz CT molecular complexity index is 922.